The molecule has 0 unspecified atom stereocenters. The molecule has 0 aliphatic heterocycles. The van der Waals surface area contributed by atoms with Gasteiger partial charge in [-0.05, 0) is 32.9 Å². The highest BCUT2D eigenvalue weighted by Crippen LogP contribution is 2.23. The molecule has 0 bridgehead atoms. The summed E-state index contributed by atoms with van der Waals surface area (Å²) in [5, 5.41) is 0. The molecule has 0 fully saturated rings. The number of allylic oxidation sites excluding steroid dienone is 1. The molecule has 0 amide bonds. The summed E-state index contributed by atoms with van der Waals surface area (Å²) in [6.07, 6.45) is 3.69. The maximum absolute atomic E-state index is 5.74. The Labute approximate surface area is 111 Å². The zero-order valence-electron chi connectivity index (χ0n) is 12.1. The minimum atomic E-state index is -0.175. The van der Waals surface area contributed by atoms with E-state index in [9.17, 15) is 0 Å². The quantitative estimate of drug-likeness (QED) is 0.594. The number of quaternary nitrogens is 1. The summed E-state index contributed by atoms with van der Waals surface area (Å²) in [5.41, 5.74) is 1.12. The number of ether oxygens (including phenoxy) is 1. The van der Waals surface area contributed by atoms with Crippen LogP contribution in [0, 0.1) is 0 Å². The number of hydrogen-bond acceptors (Lipinski definition) is 2. The molecule has 1 aromatic rings. The van der Waals surface area contributed by atoms with E-state index in [1.54, 1.807) is 6.26 Å². The molecule has 102 valence electrons. The topological polar surface area (TPSA) is 39.2 Å². The lowest BCUT2D eigenvalue weighted by atomic mass is 10.1. The Balaban J connectivity index is 0.00000289. The van der Waals surface area contributed by atoms with E-state index in [0.717, 1.165) is 11.0 Å². The van der Waals surface area contributed by atoms with Gasteiger partial charge in [-0.25, -0.2) is 0 Å². The maximum Gasteiger partial charge on any atom is 0.151 e. The molecular weight excluding hydrogens is 226 g/mol. The van der Waals surface area contributed by atoms with Crippen molar-refractivity contribution < 1.29 is 10.2 Å². The molecule has 0 radical (unpaired) electrons. The standard InChI is InChI=1S/C15H24NO.H2O/c1-6-12-17-15(2,3)13-16(4,5)14-10-8-7-9-11-14;/h6-12H,13H2,1-5H3;1H2/q+1;/p-1. The summed E-state index contributed by atoms with van der Waals surface area (Å²) in [7, 11) is 4.41. The Kier molecular flexibility index (Phi) is 6.09. The minimum Gasteiger partial charge on any atom is -0.870 e. The molecule has 0 aromatic heterocycles. The second kappa shape index (κ2) is 6.57. The van der Waals surface area contributed by atoms with E-state index in [-0.39, 0.29) is 11.1 Å². The average Bonchev–Trinajstić information content (AvgIpc) is 2.26. The Morgan fingerprint density at radius 2 is 1.72 bits per heavy atom. The molecule has 0 saturated carbocycles. The maximum atomic E-state index is 5.74. The van der Waals surface area contributed by atoms with Crippen LogP contribution in [0.15, 0.2) is 42.7 Å². The fourth-order valence-corrected chi connectivity index (χ4v) is 2.16. The van der Waals surface area contributed by atoms with Crippen molar-refractivity contribution in [3.05, 3.63) is 42.7 Å². The molecule has 18 heavy (non-hydrogen) atoms. The lowest BCUT2D eigenvalue weighted by Crippen LogP contribution is -2.50. The lowest BCUT2D eigenvalue weighted by Gasteiger charge is -2.36. The fraction of sp³-hybridized carbons (Fsp3) is 0.467. The van der Waals surface area contributed by atoms with Crippen molar-refractivity contribution in [1.82, 2.24) is 4.48 Å². The molecule has 0 spiro atoms. The first-order valence-corrected chi connectivity index (χ1v) is 6.05. The summed E-state index contributed by atoms with van der Waals surface area (Å²) in [6.45, 7) is 7.13. The van der Waals surface area contributed by atoms with Crippen LogP contribution < -0.4 is 4.48 Å². The van der Waals surface area contributed by atoms with Gasteiger partial charge in [0.15, 0.2) is 5.60 Å². The first-order chi connectivity index (χ1) is 7.87. The molecule has 0 aliphatic carbocycles. The number of para-hydroxylation sites is 1. The normalized spacial score (nSPS) is 12.3. The van der Waals surface area contributed by atoms with Crippen LogP contribution in [0.4, 0.5) is 5.69 Å². The van der Waals surface area contributed by atoms with E-state index in [1.807, 2.05) is 19.1 Å². The van der Waals surface area contributed by atoms with Gasteiger partial charge in [-0.2, -0.15) is 0 Å². The van der Waals surface area contributed by atoms with E-state index >= 15 is 0 Å². The Bertz CT molecular complexity index is 369. The van der Waals surface area contributed by atoms with Crippen LogP contribution in [0.1, 0.15) is 20.8 Å². The number of nitrogens with zero attached hydrogens (tertiary/aromatic N) is 1. The minimum absolute atomic E-state index is 0. The Morgan fingerprint density at radius 1 is 1.17 bits per heavy atom. The Morgan fingerprint density at radius 3 is 2.22 bits per heavy atom. The van der Waals surface area contributed by atoms with Gasteiger partial charge in [0.25, 0.3) is 0 Å². The number of likely N-dealkylation sites (N-methyl/N-ethyl adjacent to an activating group) is 1. The van der Waals surface area contributed by atoms with Crippen LogP contribution in [0.25, 0.3) is 0 Å². The highest BCUT2D eigenvalue weighted by molar-refractivity contribution is 5.41. The van der Waals surface area contributed by atoms with Crippen LogP contribution in [0.5, 0.6) is 0 Å². The molecule has 1 aromatic carbocycles. The molecule has 0 aliphatic rings. The highest BCUT2D eigenvalue weighted by Gasteiger charge is 2.30. The molecule has 3 nitrogen and oxygen atoms in total. The summed E-state index contributed by atoms with van der Waals surface area (Å²) in [5.74, 6) is 0. The first kappa shape index (κ1) is 16.7. The summed E-state index contributed by atoms with van der Waals surface area (Å²) >= 11 is 0. The van der Waals surface area contributed by atoms with Crippen molar-refractivity contribution in [2.75, 3.05) is 20.6 Å². The van der Waals surface area contributed by atoms with Crippen LogP contribution in [-0.4, -0.2) is 31.7 Å². The largest absolute Gasteiger partial charge is 0.870 e. The predicted molar refractivity (Wildman–Crippen MR) is 76.9 cm³/mol. The van der Waals surface area contributed by atoms with Gasteiger partial charge in [-0.15, -0.1) is 0 Å². The van der Waals surface area contributed by atoms with E-state index in [4.69, 9.17) is 4.74 Å². The summed E-state index contributed by atoms with van der Waals surface area (Å²) < 4.78 is 6.55. The van der Waals surface area contributed by atoms with Gasteiger partial charge in [0, 0.05) is 0 Å². The lowest BCUT2D eigenvalue weighted by molar-refractivity contribution is 0.0345. The molecule has 0 heterocycles. The summed E-state index contributed by atoms with van der Waals surface area (Å²) in [6, 6.07) is 10.5. The smallest absolute Gasteiger partial charge is 0.151 e. The van der Waals surface area contributed by atoms with Crippen molar-refractivity contribution in [2.24, 2.45) is 0 Å². The van der Waals surface area contributed by atoms with Gasteiger partial charge in [0.1, 0.15) is 12.2 Å². The monoisotopic (exact) mass is 251 g/mol. The van der Waals surface area contributed by atoms with Crippen LogP contribution in [0.3, 0.4) is 0 Å². The zero-order valence-corrected chi connectivity index (χ0v) is 12.1. The third-order valence-electron chi connectivity index (χ3n) is 2.75. The van der Waals surface area contributed by atoms with Gasteiger partial charge in [0.2, 0.25) is 0 Å². The second-order valence-electron chi connectivity index (χ2n) is 5.53. The third kappa shape index (κ3) is 4.90. The third-order valence-corrected chi connectivity index (χ3v) is 2.75. The number of benzene rings is 1. The van der Waals surface area contributed by atoms with Gasteiger partial charge in [-0.3, -0.25) is 4.48 Å². The molecular formula is C15H25NO2. The summed E-state index contributed by atoms with van der Waals surface area (Å²) in [4.78, 5) is 0. The van der Waals surface area contributed by atoms with Crippen molar-refractivity contribution in [2.45, 2.75) is 26.4 Å². The van der Waals surface area contributed by atoms with E-state index < -0.39 is 0 Å². The number of rotatable bonds is 5. The Hall–Kier alpha value is -1.32. The van der Waals surface area contributed by atoms with Gasteiger partial charge in [0.05, 0.1) is 20.4 Å². The SMILES string of the molecule is CC=COC(C)(C)C[N+](C)(C)c1ccccc1.[OH-]. The van der Waals surface area contributed by atoms with Crippen molar-refractivity contribution in [3.8, 4) is 0 Å². The van der Waals surface area contributed by atoms with Crippen LogP contribution in [-0.2, 0) is 4.74 Å². The van der Waals surface area contributed by atoms with E-state index in [0.29, 0.717) is 0 Å². The van der Waals surface area contributed by atoms with Gasteiger partial charge >= 0.3 is 0 Å². The average molecular weight is 251 g/mol. The molecule has 0 atom stereocenters. The van der Waals surface area contributed by atoms with E-state index in [1.165, 1.54) is 5.69 Å². The molecule has 1 rings (SSSR count). The first-order valence-electron chi connectivity index (χ1n) is 6.05. The van der Waals surface area contributed by atoms with Gasteiger partial charge in [-0.1, -0.05) is 24.3 Å². The highest BCUT2D eigenvalue weighted by atomic mass is 16.5. The molecule has 0 saturated heterocycles. The van der Waals surface area contributed by atoms with Gasteiger partial charge < -0.3 is 10.2 Å². The zero-order chi connectivity index (χ0) is 12.9. The van der Waals surface area contributed by atoms with Crippen LogP contribution in [0.2, 0.25) is 0 Å². The fourth-order valence-electron chi connectivity index (χ4n) is 2.16. The molecule has 3 heteroatoms. The van der Waals surface area contributed by atoms with Crippen molar-refractivity contribution >= 4 is 5.69 Å². The van der Waals surface area contributed by atoms with Crippen LogP contribution >= 0.6 is 0 Å². The molecule has 1 N–H and O–H groups in total. The second-order valence-corrected chi connectivity index (χ2v) is 5.53. The number of hydrogen-bond donors (Lipinski definition) is 0. The van der Waals surface area contributed by atoms with Crippen molar-refractivity contribution in [1.29, 1.82) is 0 Å². The van der Waals surface area contributed by atoms with E-state index in [2.05, 4.69) is 52.2 Å². The predicted octanol–water partition coefficient (Wildman–Crippen LogP) is 3.41. The van der Waals surface area contributed by atoms with Crippen molar-refractivity contribution in [3.63, 3.8) is 0 Å².